The molecule has 1 aromatic heterocycles. The predicted octanol–water partition coefficient (Wildman–Crippen LogP) is 4.00. The topological polar surface area (TPSA) is 47.0 Å². The van der Waals surface area contributed by atoms with Gasteiger partial charge >= 0.3 is 0 Å². The molecule has 3 aromatic rings. The standard InChI is InChI=1S/C20H21N3O/c1-15(17-6-4-8-19(12-17)24-2)23-13-16-5-3-7-18(11-16)20-14-21-9-10-22-20/h3-12,14-15,23H,13H2,1-2H3/t15-/m1/s1. The molecule has 24 heavy (non-hydrogen) atoms. The van der Waals surface area contributed by atoms with Gasteiger partial charge in [0.1, 0.15) is 5.75 Å². The van der Waals surface area contributed by atoms with Crippen LogP contribution >= 0.6 is 0 Å². The fourth-order valence-electron chi connectivity index (χ4n) is 2.59. The van der Waals surface area contributed by atoms with Gasteiger partial charge in [0.05, 0.1) is 19.0 Å². The van der Waals surface area contributed by atoms with Crippen LogP contribution in [0.4, 0.5) is 0 Å². The molecule has 4 nitrogen and oxygen atoms in total. The third-order valence-electron chi connectivity index (χ3n) is 3.99. The van der Waals surface area contributed by atoms with E-state index in [1.54, 1.807) is 25.7 Å². The maximum absolute atomic E-state index is 5.29. The van der Waals surface area contributed by atoms with Crippen LogP contribution in [-0.2, 0) is 6.54 Å². The molecule has 1 atom stereocenters. The van der Waals surface area contributed by atoms with Crippen LogP contribution in [0, 0.1) is 0 Å². The van der Waals surface area contributed by atoms with Gasteiger partial charge < -0.3 is 10.1 Å². The third-order valence-corrected chi connectivity index (χ3v) is 3.99. The molecule has 0 radical (unpaired) electrons. The monoisotopic (exact) mass is 319 g/mol. The summed E-state index contributed by atoms with van der Waals surface area (Å²) < 4.78 is 5.29. The second-order valence-electron chi connectivity index (χ2n) is 5.67. The first-order valence-corrected chi connectivity index (χ1v) is 7.99. The Bertz CT molecular complexity index is 790. The highest BCUT2D eigenvalue weighted by atomic mass is 16.5. The number of nitrogens with one attached hydrogen (secondary N) is 1. The van der Waals surface area contributed by atoms with Gasteiger partial charge in [0.25, 0.3) is 0 Å². The highest BCUT2D eigenvalue weighted by Crippen LogP contribution is 2.20. The Balaban J connectivity index is 1.68. The highest BCUT2D eigenvalue weighted by Gasteiger charge is 2.07. The van der Waals surface area contributed by atoms with Gasteiger partial charge in [-0.2, -0.15) is 0 Å². The van der Waals surface area contributed by atoms with E-state index in [1.165, 1.54) is 11.1 Å². The fraction of sp³-hybridized carbons (Fsp3) is 0.200. The summed E-state index contributed by atoms with van der Waals surface area (Å²) in [6, 6.07) is 16.8. The van der Waals surface area contributed by atoms with Gasteiger partial charge in [-0.15, -0.1) is 0 Å². The second-order valence-corrected chi connectivity index (χ2v) is 5.67. The quantitative estimate of drug-likeness (QED) is 0.746. The zero-order valence-corrected chi connectivity index (χ0v) is 13.9. The number of hydrogen-bond donors (Lipinski definition) is 1. The summed E-state index contributed by atoms with van der Waals surface area (Å²) in [5.41, 5.74) is 4.39. The molecule has 4 heteroatoms. The van der Waals surface area contributed by atoms with Crippen LogP contribution in [0.15, 0.2) is 67.1 Å². The minimum atomic E-state index is 0.236. The molecule has 0 spiro atoms. The molecular weight excluding hydrogens is 298 g/mol. The molecular formula is C20H21N3O. The normalized spacial score (nSPS) is 11.9. The Morgan fingerprint density at radius 2 is 1.96 bits per heavy atom. The lowest BCUT2D eigenvalue weighted by Gasteiger charge is -2.15. The number of benzene rings is 2. The van der Waals surface area contributed by atoms with Crippen LogP contribution in [0.2, 0.25) is 0 Å². The van der Waals surface area contributed by atoms with Crippen molar-refractivity contribution in [1.82, 2.24) is 15.3 Å². The Hall–Kier alpha value is -2.72. The molecule has 0 aliphatic heterocycles. The van der Waals surface area contributed by atoms with E-state index in [2.05, 4.69) is 58.6 Å². The molecule has 3 rings (SSSR count). The molecule has 1 N–H and O–H groups in total. The number of aromatic nitrogens is 2. The van der Waals surface area contributed by atoms with Crippen molar-refractivity contribution in [2.75, 3.05) is 7.11 Å². The van der Waals surface area contributed by atoms with E-state index in [0.29, 0.717) is 0 Å². The Morgan fingerprint density at radius 3 is 2.75 bits per heavy atom. The predicted molar refractivity (Wildman–Crippen MR) is 95.7 cm³/mol. The summed E-state index contributed by atoms with van der Waals surface area (Å²) >= 11 is 0. The van der Waals surface area contributed by atoms with Gasteiger partial charge in [-0.3, -0.25) is 9.97 Å². The Labute approximate surface area is 142 Å². The molecule has 0 unspecified atom stereocenters. The molecule has 0 saturated carbocycles. The zero-order valence-electron chi connectivity index (χ0n) is 13.9. The van der Waals surface area contributed by atoms with Crippen LogP contribution in [0.5, 0.6) is 5.75 Å². The minimum absolute atomic E-state index is 0.236. The number of rotatable bonds is 6. The van der Waals surface area contributed by atoms with Gasteiger partial charge in [0.15, 0.2) is 0 Å². The molecule has 0 aliphatic rings. The average molecular weight is 319 g/mol. The minimum Gasteiger partial charge on any atom is -0.497 e. The molecule has 2 aromatic carbocycles. The summed E-state index contributed by atoms with van der Waals surface area (Å²) in [6.07, 6.45) is 5.18. The first-order valence-electron chi connectivity index (χ1n) is 7.99. The average Bonchev–Trinajstić information content (AvgIpc) is 2.67. The SMILES string of the molecule is COc1cccc([C@@H](C)NCc2cccc(-c3cnccn3)c2)c1. The second kappa shape index (κ2) is 7.70. The molecule has 0 fully saturated rings. The van der Waals surface area contributed by atoms with Crippen molar-refractivity contribution in [3.63, 3.8) is 0 Å². The van der Waals surface area contributed by atoms with E-state index in [1.807, 2.05) is 12.1 Å². The maximum Gasteiger partial charge on any atom is 0.119 e. The van der Waals surface area contributed by atoms with Crippen molar-refractivity contribution in [1.29, 1.82) is 0 Å². The van der Waals surface area contributed by atoms with Crippen molar-refractivity contribution < 1.29 is 4.74 Å². The fourth-order valence-corrected chi connectivity index (χ4v) is 2.59. The first-order chi connectivity index (χ1) is 11.8. The van der Waals surface area contributed by atoms with Gasteiger partial charge in [0, 0.05) is 30.5 Å². The van der Waals surface area contributed by atoms with E-state index in [4.69, 9.17) is 4.74 Å². The van der Waals surface area contributed by atoms with Gasteiger partial charge in [-0.1, -0.05) is 30.3 Å². The summed E-state index contributed by atoms with van der Waals surface area (Å²) in [6.45, 7) is 2.94. The zero-order chi connectivity index (χ0) is 16.8. The lowest BCUT2D eigenvalue weighted by molar-refractivity contribution is 0.413. The third kappa shape index (κ3) is 3.97. The summed E-state index contributed by atoms with van der Waals surface area (Å²) in [7, 11) is 1.69. The first kappa shape index (κ1) is 16.1. The lowest BCUT2D eigenvalue weighted by atomic mass is 10.1. The molecule has 0 saturated heterocycles. The largest absolute Gasteiger partial charge is 0.497 e. The van der Waals surface area contributed by atoms with Crippen LogP contribution in [0.25, 0.3) is 11.3 Å². The van der Waals surface area contributed by atoms with Gasteiger partial charge in [-0.25, -0.2) is 0 Å². The van der Waals surface area contributed by atoms with E-state index in [-0.39, 0.29) is 6.04 Å². The van der Waals surface area contributed by atoms with E-state index in [0.717, 1.165) is 23.6 Å². The number of nitrogens with zero attached hydrogens (tertiary/aromatic N) is 2. The molecule has 0 bridgehead atoms. The smallest absolute Gasteiger partial charge is 0.119 e. The lowest BCUT2D eigenvalue weighted by Crippen LogP contribution is -2.18. The Morgan fingerprint density at radius 1 is 1.08 bits per heavy atom. The summed E-state index contributed by atoms with van der Waals surface area (Å²) in [4.78, 5) is 8.49. The van der Waals surface area contributed by atoms with Crippen LogP contribution in [-0.4, -0.2) is 17.1 Å². The van der Waals surface area contributed by atoms with Crippen LogP contribution in [0.1, 0.15) is 24.1 Å². The number of methoxy groups -OCH3 is 1. The maximum atomic E-state index is 5.29. The summed E-state index contributed by atoms with van der Waals surface area (Å²) in [5, 5.41) is 3.55. The van der Waals surface area contributed by atoms with Gasteiger partial charge in [0.2, 0.25) is 0 Å². The van der Waals surface area contributed by atoms with Gasteiger partial charge in [-0.05, 0) is 36.2 Å². The van der Waals surface area contributed by atoms with Crippen LogP contribution < -0.4 is 10.1 Å². The molecule has 0 aliphatic carbocycles. The molecule has 0 amide bonds. The van der Waals surface area contributed by atoms with E-state index in [9.17, 15) is 0 Å². The molecule has 122 valence electrons. The van der Waals surface area contributed by atoms with Crippen molar-refractivity contribution in [3.8, 4) is 17.0 Å². The van der Waals surface area contributed by atoms with E-state index >= 15 is 0 Å². The number of hydrogen-bond acceptors (Lipinski definition) is 4. The highest BCUT2D eigenvalue weighted by molar-refractivity contribution is 5.58. The Kier molecular flexibility index (Phi) is 5.18. The number of ether oxygens (including phenoxy) is 1. The van der Waals surface area contributed by atoms with E-state index < -0.39 is 0 Å². The van der Waals surface area contributed by atoms with Crippen molar-refractivity contribution in [2.24, 2.45) is 0 Å². The van der Waals surface area contributed by atoms with Crippen molar-refractivity contribution in [2.45, 2.75) is 19.5 Å². The molecule has 1 heterocycles. The van der Waals surface area contributed by atoms with Crippen LogP contribution in [0.3, 0.4) is 0 Å². The van der Waals surface area contributed by atoms with Crippen molar-refractivity contribution >= 4 is 0 Å². The summed E-state index contributed by atoms with van der Waals surface area (Å²) in [5.74, 6) is 0.880. The van der Waals surface area contributed by atoms with Crippen molar-refractivity contribution in [3.05, 3.63) is 78.2 Å².